The Morgan fingerprint density at radius 1 is 1.33 bits per heavy atom. The van der Waals surface area contributed by atoms with Gasteiger partial charge in [-0.05, 0) is 12.8 Å². The van der Waals surface area contributed by atoms with Crippen LogP contribution in [0.1, 0.15) is 12.8 Å². The summed E-state index contributed by atoms with van der Waals surface area (Å²) in [4.78, 5) is 0. The molecule has 1 fully saturated rings. The van der Waals surface area contributed by atoms with E-state index in [0.717, 1.165) is 0 Å². The Balaban J connectivity index is 2.37. The molecule has 1 rings (SSSR count). The van der Waals surface area contributed by atoms with Crippen molar-refractivity contribution in [1.29, 1.82) is 0 Å². The first kappa shape index (κ1) is 7.72. The summed E-state index contributed by atoms with van der Waals surface area (Å²) in [6.07, 6.45) is 2.43. The fourth-order valence-corrected chi connectivity index (χ4v) is 3.85. The van der Waals surface area contributed by atoms with E-state index in [1.165, 1.54) is 12.8 Å². The van der Waals surface area contributed by atoms with Gasteiger partial charge in [0.15, 0.2) is 0 Å². The summed E-state index contributed by atoms with van der Waals surface area (Å²) in [7, 11) is 2.10. The van der Waals surface area contributed by atoms with Gasteiger partial charge in [0.1, 0.15) is 0 Å². The molecule has 9 heavy (non-hydrogen) atoms. The lowest BCUT2D eigenvalue weighted by molar-refractivity contribution is 0.274. The molecule has 0 N–H and O–H groups in total. The molecule has 0 spiro atoms. The molecule has 1 aliphatic carbocycles. The number of hydrogen-bond donors (Lipinski definition) is 0. The number of alkyl halides is 1. The maximum absolute atomic E-state index is 5.20. The van der Waals surface area contributed by atoms with Gasteiger partial charge in [0, 0.05) is 14.2 Å². The molecule has 0 aliphatic heterocycles. The Hall–Kier alpha value is 0.617. The SMILES string of the molecule is CO[SiH](OC)C1(Br)CC1. The summed E-state index contributed by atoms with van der Waals surface area (Å²) in [5.41, 5.74) is 0. The second-order valence-electron chi connectivity index (χ2n) is 2.34. The van der Waals surface area contributed by atoms with E-state index in [1.807, 2.05) is 0 Å². The van der Waals surface area contributed by atoms with Gasteiger partial charge in [-0.15, -0.1) is 0 Å². The van der Waals surface area contributed by atoms with E-state index in [1.54, 1.807) is 14.2 Å². The summed E-state index contributed by atoms with van der Waals surface area (Å²) >= 11 is 3.59. The Labute approximate surface area is 65.5 Å². The first-order valence-electron chi connectivity index (χ1n) is 2.97. The summed E-state index contributed by atoms with van der Waals surface area (Å²) in [5.74, 6) is 0. The van der Waals surface area contributed by atoms with Gasteiger partial charge in [-0.25, -0.2) is 0 Å². The van der Waals surface area contributed by atoms with Crippen molar-refractivity contribution in [3.8, 4) is 0 Å². The fourth-order valence-electron chi connectivity index (χ4n) is 0.874. The van der Waals surface area contributed by atoms with E-state index in [-0.39, 0.29) is 3.95 Å². The molecule has 0 aromatic carbocycles. The van der Waals surface area contributed by atoms with Crippen molar-refractivity contribution in [2.75, 3.05) is 14.2 Å². The molecule has 0 saturated heterocycles. The summed E-state index contributed by atoms with van der Waals surface area (Å²) in [5, 5.41) is 0. The van der Waals surface area contributed by atoms with Gasteiger partial charge in [0.05, 0.1) is 3.95 Å². The predicted octanol–water partition coefficient (Wildman–Crippen LogP) is 0.966. The molecule has 0 amide bonds. The highest BCUT2D eigenvalue weighted by molar-refractivity contribution is 9.10. The molecule has 0 atom stereocenters. The third-order valence-electron chi connectivity index (χ3n) is 1.58. The van der Waals surface area contributed by atoms with Crippen LogP contribution in [-0.4, -0.2) is 27.5 Å². The first-order chi connectivity index (χ1) is 4.23. The predicted molar refractivity (Wildman–Crippen MR) is 42.1 cm³/mol. The van der Waals surface area contributed by atoms with Crippen molar-refractivity contribution < 1.29 is 8.85 Å². The van der Waals surface area contributed by atoms with Crippen LogP contribution in [0.15, 0.2) is 0 Å². The minimum absolute atomic E-state index is 0.274. The van der Waals surface area contributed by atoms with E-state index in [4.69, 9.17) is 8.85 Å². The summed E-state index contributed by atoms with van der Waals surface area (Å²) < 4.78 is 10.7. The van der Waals surface area contributed by atoms with Crippen molar-refractivity contribution >= 4 is 25.2 Å². The van der Waals surface area contributed by atoms with Crippen LogP contribution >= 0.6 is 15.9 Å². The lowest BCUT2D eigenvalue weighted by Gasteiger charge is -2.14. The largest absolute Gasteiger partial charge is 0.399 e. The smallest absolute Gasteiger partial charge is 0.338 e. The summed E-state index contributed by atoms with van der Waals surface area (Å²) in [6.45, 7) is 0. The maximum atomic E-state index is 5.20. The average Bonchev–Trinajstić information content (AvgIpc) is 2.52. The van der Waals surface area contributed by atoms with Crippen molar-refractivity contribution in [2.24, 2.45) is 0 Å². The van der Waals surface area contributed by atoms with Gasteiger partial charge in [-0.3, -0.25) is 0 Å². The van der Waals surface area contributed by atoms with Crippen molar-refractivity contribution in [3.63, 3.8) is 0 Å². The van der Waals surface area contributed by atoms with Gasteiger partial charge in [0.25, 0.3) is 0 Å². The van der Waals surface area contributed by atoms with Crippen molar-refractivity contribution in [2.45, 2.75) is 16.8 Å². The molecule has 54 valence electrons. The lowest BCUT2D eigenvalue weighted by atomic mass is 11.0. The number of hydrogen-bond acceptors (Lipinski definition) is 2. The standard InChI is InChI=1S/C5H11BrO2Si/c1-7-9(8-2)5(6)3-4-5/h9H,3-4H2,1-2H3. The van der Waals surface area contributed by atoms with Gasteiger partial charge in [-0.1, -0.05) is 15.9 Å². The van der Waals surface area contributed by atoms with E-state index in [9.17, 15) is 0 Å². The van der Waals surface area contributed by atoms with E-state index in [2.05, 4.69) is 15.9 Å². The number of halogens is 1. The van der Waals surface area contributed by atoms with E-state index in [0.29, 0.717) is 0 Å². The summed E-state index contributed by atoms with van der Waals surface area (Å²) in [6, 6.07) is 0. The molecule has 0 aromatic rings. The second-order valence-corrected chi connectivity index (χ2v) is 7.47. The zero-order valence-corrected chi connectivity index (χ0v) is 8.43. The van der Waals surface area contributed by atoms with Crippen LogP contribution in [0, 0.1) is 0 Å². The zero-order chi connectivity index (χ0) is 6.91. The molecule has 0 bridgehead atoms. The van der Waals surface area contributed by atoms with Crippen LogP contribution in [0.4, 0.5) is 0 Å². The Morgan fingerprint density at radius 3 is 1.89 bits per heavy atom. The van der Waals surface area contributed by atoms with Crippen molar-refractivity contribution in [3.05, 3.63) is 0 Å². The highest BCUT2D eigenvalue weighted by Gasteiger charge is 2.50. The van der Waals surface area contributed by atoms with Gasteiger partial charge in [-0.2, -0.15) is 0 Å². The maximum Gasteiger partial charge on any atom is 0.338 e. The average molecular weight is 211 g/mol. The topological polar surface area (TPSA) is 18.5 Å². The molecule has 0 aromatic heterocycles. The van der Waals surface area contributed by atoms with Crippen LogP contribution in [0.25, 0.3) is 0 Å². The van der Waals surface area contributed by atoms with Gasteiger partial charge >= 0.3 is 9.28 Å². The van der Waals surface area contributed by atoms with Crippen molar-refractivity contribution in [1.82, 2.24) is 0 Å². The molecular formula is C5H11BrO2Si. The zero-order valence-electron chi connectivity index (χ0n) is 5.69. The lowest BCUT2D eigenvalue weighted by Crippen LogP contribution is -2.32. The van der Waals surface area contributed by atoms with E-state index < -0.39 is 9.28 Å². The molecule has 4 heteroatoms. The monoisotopic (exact) mass is 210 g/mol. The Morgan fingerprint density at radius 2 is 1.78 bits per heavy atom. The molecule has 0 heterocycles. The highest BCUT2D eigenvalue weighted by Crippen LogP contribution is 2.46. The molecule has 1 saturated carbocycles. The van der Waals surface area contributed by atoms with Crippen LogP contribution in [0.2, 0.25) is 0 Å². The highest BCUT2D eigenvalue weighted by atomic mass is 79.9. The van der Waals surface area contributed by atoms with Gasteiger partial charge < -0.3 is 8.85 Å². The van der Waals surface area contributed by atoms with Crippen LogP contribution in [-0.2, 0) is 8.85 Å². The molecule has 1 aliphatic rings. The molecular weight excluding hydrogens is 200 g/mol. The number of rotatable bonds is 3. The molecule has 2 nitrogen and oxygen atoms in total. The third-order valence-corrected chi connectivity index (χ3v) is 5.77. The minimum atomic E-state index is -1.35. The Bertz CT molecular complexity index is 101. The van der Waals surface area contributed by atoms with Crippen LogP contribution in [0.5, 0.6) is 0 Å². The second kappa shape index (κ2) is 2.70. The van der Waals surface area contributed by atoms with Crippen LogP contribution < -0.4 is 0 Å². The van der Waals surface area contributed by atoms with Crippen LogP contribution in [0.3, 0.4) is 0 Å². The molecule has 0 unspecified atom stereocenters. The van der Waals surface area contributed by atoms with E-state index >= 15 is 0 Å². The molecule has 0 radical (unpaired) electrons. The Kier molecular flexibility index (Phi) is 2.31. The third kappa shape index (κ3) is 1.55. The van der Waals surface area contributed by atoms with Gasteiger partial charge in [0.2, 0.25) is 0 Å². The minimum Gasteiger partial charge on any atom is -0.399 e. The normalized spacial score (nSPS) is 22.7. The quantitative estimate of drug-likeness (QED) is 0.511. The first-order valence-corrected chi connectivity index (χ1v) is 5.29. The fraction of sp³-hybridized carbons (Fsp3) is 1.00.